The number of H-pyrrole nitrogens is 1. The van der Waals surface area contributed by atoms with Crippen molar-refractivity contribution in [3.63, 3.8) is 0 Å². The monoisotopic (exact) mass is 355 g/mol. The van der Waals surface area contributed by atoms with E-state index in [0.717, 1.165) is 55.4 Å². The largest absolute Gasteiger partial charge is 0.354 e. The zero-order chi connectivity index (χ0) is 17.9. The van der Waals surface area contributed by atoms with Gasteiger partial charge in [0.15, 0.2) is 0 Å². The highest BCUT2D eigenvalue weighted by Gasteiger charge is 2.26. The van der Waals surface area contributed by atoms with E-state index < -0.39 is 0 Å². The number of carbonyl (C=O) groups is 1. The van der Waals surface area contributed by atoms with Gasteiger partial charge in [0.2, 0.25) is 0 Å². The maximum absolute atomic E-state index is 12.1. The fourth-order valence-electron chi connectivity index (χ4n) is 4.23. The number of rotatable bonds is 5. The number of nitrogens with one attached hydrogen (secondary N) is 2. The van der Waals surface area contributed by atoms with Crippen LogP contribution in [0.15, 0.2) is 18.3 Å². The molecule has 1 aliphatic heterocycles. The Morgan fingerprint density at radius 3 is 2.73 bits per heavy atom. The average Bonchev–Trinajstić information content (AvgIpc) is 3.35. The van der Waals surface area contributed by atoms with Crippen LogP contribution in [0.5, 0.6) is 0 Å². The van der Waals surface area contributed by atoms with E-state index in [4.69, 9.17) is 0 Å². The van der Waals surface area contributed by atoms with Gasteiger partial charge >= 0.3 is 0 Å². The number of aromatic amines is 1. The lowest BCUT2D eigenvalue weighted by molar-refractivity contribution is 0.0949. The van der Waals surface area contributed by atoms with E-state index in [9.17, 15) is 4.79 Å². The summed E-state index contributed by atoms with van der Waals surface area (Å²) < 4.78 is 0. The molecule has 2 fully saturated rings. The lowest BCUT2D eigenvalue weighted by atomic mass is 10.2. The maximum atomic E-state index is 12.1. The van der Waals surface area contributed by atoms with Crippen LogP contribution in [0.25, 0.3) is 10.9 Å². The molecular formula is C20H29N5O. The van der Waals surface area contributed by atoms with Crippen LogP contribution in [-0.4, -0.2) is 59.5 Å². The molecule has 4 rings (SSSR count). The molecule has 2 N–H and O–H groups in total. The van der Waals surface area contributed by atoms with Crippen molar-refractivity contribution in [1.29, 1.82) is 0 Å². The molecule has 3 heterocycles. The Hall–Kier alpha value is -2.08. The normalized spacial score (nSPS) is 19.3. The highest BCUT2D eigenvalue weighted by atomic mass is 16.1. The second kappa shape index (κ2) is 7.66. The van der Waals surface area contributed by atoms with Gasteiger partial charge in [0.05, 0.1) is 11.7 Å². The molecule has 26 heavy (non-hydrogen) atoms. The van der Waals surface area contributed by atoms with E-state index in [1.165, 1.54) is 25.7 Å². The predicted octanol–water partition coefficient (Wildman–Crippen LogP) is 2.77. The number of carbonyl (C=O) groups excluding carboxylic acids is 1. The Kier molecular flexibility index (Phi) is 5.11. The lowest BCUT2D eigenvalue weighted by Crippen LogP contribution is -2.49. The van der Waals surface area contributed by atoms with Crippen molar-refractivity contribution >= 4 is 22.6 Å². The number of aromatic nitrogens is 2. The summed E-state index contributed by atoms with van der Waals surface area (Å²) in [6.07, 6.45) is 8.32. The van der Waals surface area contributed by atoms with Crippen LogP contribution in [0.2, 0.25) is 0 Å². The average molecular weight is 355 g/mol. The third kappa shape index (κ3) is 3.56. The summed E-state index contributed by atoms with van der Waals surface area (Å²) in [6, 6.07) is 4.84. The zero-order valence-corrected chi connectivity index (χ0v) is 15.6. The Morgan fingerprint density at radius 1 is 1.23 bits per heavy atom. The Labute approximate surface area is 155 Å². The van der Waals surface area contributed by atoms with Crippen LogP contribution >= 0.6 is 0 Å². The van der Waals surface area contributed by atoms with Gasteiger partial charge in [0, 0.05) is 44.2 Å². The molecule has 2 aromatic heterocycles. The van der Waals surface area contributed by atoms with E-state index in [-0.39, 0.29) is 5.91 Å². The summed E-state index contributed by atoms with van der Waals surface area (Å²) in [4.78, 5) is 25.0. The van der Waals surface area contributed by atoms with E-state index in [1.54, 1.807) is 0 Å². The minimum atomic E-state index is -0.0465. The van der Waals surface area contributed by atoms with Crippen molar-refractivity contribution in [1.82, 2.24) is 20.2 Å². The number of amides is 1. The van der Waals surface area contributed by atoms with Crippen LogP contribution in [0.3, 0.4) is 0 Å². The quantitative estimate of drug-likeness (QED) is 0.866. The number of nitrogens with zero attached hydrogens (tertiary/aromatic N) is 3. The van der Waals surface area contributed by atoms with E-state index in [1.807, 2.05) is 19.2 Å². The first kappa shape index (κ1) is 17.3. The molecule has 0 aromatic carbocycles. The van der Waals surface area contributed by atoms with Crippen molar-refractivity contribution < 1.29 is 4.79 Å². The SMILES string of the molecule is CCCNC(=O)c1cc2cc(N3CCN(C4CCCC4)CC3)ncc2[nH]1. The minimum absolute atomic E-state index is 0.0465. The molecule has 6 heteroatoms. The molecule has 1 saturated carbocycles. The van der Waals surface area contributed by atoms with Crippen molar-refractivity contribution in [2.45, 2.75) is 45.1 Å². The predicted molar refractivity (Wildman–Crippen MR) is 105 cm³/mol. The second-order valence-electron chi connectivity index (χ2n) is 7.53. The lowest BCUT2D eigenvalue weighted by Gasteiger charge is -2.38. The summed E-state index contributed by atoms with van der Waals surface area (Å²) in [5.41, 5.74) is 1.53. The first-order valence-electron chi connectivity index (χ1n) is 10.0. The van der Waals surface area contributed by atoms with Crippen LogP contribution in [0, 0.1) is 0 Å². The summed E-state index contributed by atoms with van der Waals surface area (Å²) in [5.74, 6) is 0.970. The molecule has 1 amide bonds. The van der Waals surface area contributed by atoms with Crippen molar-refractivity contribution in [3.8, 4) is 0 Å². The third-order valence-electron chi connectivity index (χ3n) is 5.75. The van der Waals surface area contributed by atoms with Crippen LogP contribution in [0.4, 0.5) is 5.82 Å². The summed E-state index contributed by atoms with van der Waals surface area (Å²) in [5, 5.41) is 3.96. The highest BCUT2D eigenvalue weighted by Crippen LogP contribution is 2.26. The van der Waals surface area contributed by atoms with Crippen molar-refractivity contribution in [2.75, 3.05) is 37.6 Å². The molecule has 0 atom stereocenters. The fraction of sp³-hybridized carbons (Fsp3) is 0.600. The molecule has 2 aliphatic rings. The van der Waals surface area contributed by atoms with E-state index in [0.29, 0.717) is 12.2 Å². The molecule has 1 saturated heterocycles. The number of pyridine rings is 1. The van der Waals surface area contributed by atoms with Gasteiger partial charge in [-0.15, -0.1) is 0 Å². The number of fused-ring (bicyclic) bond motifs is 1. The van der Waals surface area contributed by atoms with Gasteiger partial charge in [-0.05, 0) is 31.4 Å². The minimum Gasteiger partial charge on any atom is -0.354 e. The fourth-order valence-corrected chi connectivity index (χ4v) is 4.23. The third-order valence-corrected chi connectivity index (χ3v) is 5.75. The zero-order valence-electron chi connectivity index (χ0n) is 15.6. The summed E-state index contributed by atoms with van der Waals surface area (Å²) in [6.45, 7) is 7.06. The highest BCUT2D eigenvalue weighted by molar-refractivity contribution is 5.98. The number of anilines is 1. The number of hydrogen-bond acceptors (Lipinski definition) is 4. The molecular weight excluding hydrogens is 326 g/mol. The van der Waals surface area contributed by atoms with Gasteiger partial charge in [-0.2, -0.15) is 0 Å². The van der Waals surface area contributed by atoms with Crippen LogP contribution < -0.4 is 10.2 Å². The molecule has 0 spiro atoms. The molecule has 140 valence electrons. The Balaban J connectivity index is 1.43. The van der Waals surface area contributed by atoms with Gasteiger partial charge in [0.25, 0.3) is 5.91 Å². The van der Waals surface area contributed by atoms with Gasteiger partial charge in [-0.1, -0.05) is 19.8 Å². The molecule has 0 bridgehead atoms. The number of piperazine rings is 1. The smallest absolute Gasteiger partial charge is 0.267 e. The first-order chi connectivity index (χ1) is 12.7. The van der Waals surface area contributed by atoms with Gasteiger partial charge < -0.3 is 15.2 Å². The standard InChI is InChI=1S/C20H29N5O/c1-2-7-21-20(26)17-12-15-13-19(22-14-18(15)23-17)25-10-8-24(9-11-25)16-5-3-4-6-16/h12-14,16,23H,2-11H2,1H3,(H,21,26). The van der Waals surface area contributed by atoms with E-state index in [2.05, 4.69) is 31.2 Å². The van der Waals surface area contributed by atoms with E-state index >= 15 is 0 Å². The number of hydrogen-bond donors (Lipinski definition) is 2. The molecule has 0 unspecified atom stereocenters. The Bertz CT molecular complexity index is 757. The summed E-state index contributed by atoms with van der Waals surface area (Å²) in [7, 11) is 0. The van der Waals surface area contributed by atoms with Crippen LogP contribution in [0.1, 0.15) is 49.5 Å². The maximum Gasteiger partial charge on any atom is 0.267 e. The van der Waals surface area contributed by atoms with Crippen molar-refractivity contribution in [3.05, 3.63) is 24.0 Å². The molecule has 6 nitrogen and oxygen atoms in total. The van der Waals surface area contributed by atoms with Gasteiger partial charge in [-0.3, -0.25) is 9.69 Å². The molecule has 1 aliphatic carbocycles. The molecule has 2 aromatic rings. The summed E-state index contributed by atoms with van der Waals surface area (Å²) >= 11 is 0. The van der Waals surface area contributed by atoms with Gasteiger partial charge in [-0.25, -0.2) is 4.98 Å². The molecule has 0 radical (unpaired) electrons. The van der Waals surface area contributed by atoms with Crippen molar-refractivity contribution in [2.24, 2.45) is 0 Å². The van der Waals surface area contributed by atoms with Gasteiger partial charge in [0.1, 0.15) is 11.5 Å². The topological polar surface area (TPSA) is 64.3 Å². The van der Waals surface area contributed by atoms with Crippen LogP contribution in [-0.2, 0) is 0 Å². The second-order valence-corrected chi connectivity index (χ2v) is 7.53. The Morgan fingerprint density at radius 2 is 2.00 bits per heavy atom. The first-order valence-corrected chi connectivity index (χ1v) is 10.0.